The summed E-state index contributed by atoms with van der Waals surface area (Å²) in [7, 11) is 1.96. The quantitative estimate of drug-likeness (QED) is 0.631. The summed E-state index contributed by atoms with van der Waals surface area (Å²) in [4.78, 5) is 8.39. The minimum absolute atomic E-state index is 0.899. The third-order valence-electron chi connectivity index (χ3n) is 1.72. The molecule has 0 aliphatic carbocycles. The first-order valence-corrected chi connectivity index (χ1v) is 3.76. The molecule has 0 amide bonds. The van der Waals surface area contributed by atoms with Crippen LogP contribution in [0.15, 0.2) is 36.8 Å². The number of aryl methyl sites for hydroxylation is 1. The number of aromatic nitrogens is 3. The summed E-state index contributed by atoms with van der Waals surface area (Å²) >= 11 is 0. The number of hydrogen-bond acceptors (Lipinski definition) is 2. The number of rotatable bonds is 1. The normalized spacial score (nSPS) is 10.1. The van der Waals surface area contributed by atoms with Crippen molar-refractivity contribution in [3.8, 4) is 11.5 Å². The van der Waals surface area contributed by atoms with Crippen LogP contribution >= 0.6 is 0 Å². The lowest BCUT2D eigenvalue weighted by Gasteiger charge is -1.98. The second kappa shape index (κ2) is 2.77. The Morgan fingerprint density at radius 1 is 1.17 bits per heavy atom. The van der Waals surface area contributed by atoms with Crippen LogP contribution in [-0.2, 0) is 7.05 Å². The molecule has 0 aliphatic rings. The first kappa shape index (κ1) is 7.03. The van der Waals surface area contributed by atoms with Crippen LogP contribution in [0.5, 0.6) is 0 Å². The Morgan fingerprint density at radius 2 is 2.08 bits per heavy atom. The van der Waals surface area contributed by atoms with Crippen molar-refractivity contribution in [1.29, 1.82) is 0 Å². The van der Waals surface area contributed by atoms with Gasteiger partial charge in [-0.1, -0.05) is 6.07 Å². The second-order valence-electron chi connectivity index (χ2n) is 2.58. The number of nitrogens with zero attached hydrogens (tertiary/aromatic N) is 3. The molecule has 0 aliphatic heterocycles. The summed E-state index contributed by atoms with van der Waals surface area (Å²) in [5, 5.41) is 0. The van der Waals surface area contributed by atoms with Crippen LogP contribution in [0, 0.1) is 0 Å². The molecule has 0 spiro atoms. The highest BCUT2D eigenvalue weighted by Crippen LogP contribution is 2.11. The summed E-state index contributed by atoms with van der Waals surface area (Å²) in [5.74, 6) is 0.899. The van der Waals surface area contributed by atoms with Crippen molar-refractivity contribution in [3.63, 3.8) is 0 Å². The molecule has 2 rings (SSSR count). The molecule has 12 heavy (non-hydrogen) atoms. The summed E-state index contributed by atoms with van der Waals surface area (Å²) in [6, 6.07) is 5.80. The molecule has 0 unspecified atom stereocenters. The Hall–Kier alpha value is -1.64. The van der Waals surface area contributed by atoms with Gasteiger partial charge in [0.15, 0.2) is 5.82 Å². The van der Waals surface area contributed by atoms with Gasteiger partial charge in [-0.2, -0.15) is 0 Å². The van der Waals surface area contributed by atoms with Crippen LogP contribution in [0.4, 0.5) is 0 Å². The van der Waals surface area contributed by atoms with Gasteiger partial charge in [0.25, 0.3) is 0 Å². The fraction of sp³-hybridized carbons (Fsp3) is 0.111. The fourth-order valence-electron chi connectivity index (χ4n) is 1.11. The van der Waals surface area contributed by atoms with E-state index < -0.39 is 0 Å². The summed E-state index contributed by atoms with van der Waals surface area (Å²) in [6.07, 6.45) is 5.44. The summed E-state index contributed by atoms with van der Waals surface area (Å²) in [6.45, 7) is 0. The van der Waals surface area contributed by atoms with Gasteiger partial charge in [0.1, 0.15) is 5.69 Å². The fourth-order valence-corrected chi connectivity index (χ4v) is 1.11. The van der Waals surface area contributed by atoms with Gasteiger partial charge in [-0.25, -0.2) is 4.98 Å². The van der Waals surface area contributed by atoms with Crippen LogP contribution in [0.25, 0.3) is 11.5 Å². The molecule has 2 aromatic rings. The average molecular weight is 159 g/mol. The van der Waals surface area contributed by atoms with E-state index in [-0.39, 0.29) is 0 Å². The zero-order valence-corrected chi connectivity index (χ0v) is 6.81. The predicted molar refractivity (Wildman–Crippen MR) is 46.4 cm³/mol. The monoisotopic (exact) mass is 159 g/mol. The highest BCUT2D eigenvalue weighted by atomic mass is 15.0. The van der Waals surface area contributed by atoms with Gasteiger partial charge in [0.2, 0.25) is 0 Å². The second-order valence-corrected chi connectivity index (χ2v) is 2.58. The molecule has 0 atom stereocenters. The van der Waals surface area contributed by atoms with E-state index in [0.29, 0.717) is 0 Å². The predicted octanol–water partition coefficient (Wildman–Crippen LogP) is 1.48. The molecule has 3 heteroatoms. The lowest BCUT2D eigenvalue weighted by molar-refractivity contribution is 0.917. The zero-order valence-electron chi connectivity index (χ0n) is 6.81. The maximum absolute atomic E-state index is 4.20. The van der Waals surface area contributed by atoms with Crippen molar-refractivity contribution in [2.24, 2.45) is 7.05 Å². The third-order valence-corrected chi connectivity index (χ3v) is 1.72. The molecule has 2 aromatic heterocycles. The van der Waals surface area contributed by atoms with E-state index in [0.717, 1.165) is 11.5 Å². The molecule has 60 valence electrons. The Balaban J connectivity index is 2.51. The molecule has 0 N–H and O–H groups in total. The SMILES string of the molecule is Cn1ccnc1-c1ccccn1. The number of imidazole rings is 1. The molecule has 0 fully saturated rings. The molecule has 0 saturated carbocycles. The van der Waals surface area contributed by atoms with E-state index in [1.54, 1.807) is 12.4 Å². The van der Waals surface area contributed by atoms with Crippen LogP contribution in [0.3, 0.4) is 0 Å². The first-order chi connectivity index (χ1) is 5.88. The van der Waals surface area contributed by atoms with Crippen molar-refractivity contribution < 1.29 is 0 Å². The van der Waals surface area contributed by atoms with Crippen molar-refractivity contribution in [1.82, 2.24) is 14.5 Å². The van der Waals surface area contributed by atoms with E-state index in [9.17, 15) is 0 Å². The summed E-state index contributed by atoms with van der Waals surface area (Å²) < 4.78 is 1.95. The first-order valence-electron chi connectivity index (χ1n) is 3.76. The Bertz CT molecular complexity index is 364. The highest BCUT2D eigenvalue weighted by molar-refractivity contribution is 5.48. The van der Waals surface area contributed by atoms with Gasteiger partial charge in [-0.05, 0) is 12.1 Å². The highest BCUT2D eigenvalue weighted by Gasteiger charge is 2.01. The molecule has 0 aromatic carbocycles. The van der Waals surface area contributed by atoms with Crippen molar-refractivity contribution in [3.05, 3.63) is 36.8 Å². The van der Waals surface area contributed by atoms with Gasteiger partial charge in [0.05, 0.1) is 0 Å². The standard InChI is InChI=1S/C9H9N3/c1-12-7-6-11-9(12)8-4-2-3-5-10-8/h2-7H,1H3. The number of pyridine rings is 1. The van der Waals surface area contributed by atoms with Gasteiger partial charge in [0, 0.05) is 25.6 Å². The van der Waals surface area contributed by atoms with Crippen molar-refractivity contribution >= 4 is 0 Å². The largest absolute Gasteiger partial charge is 0.333 e. The smallest absolute Gasteiger partial charge is 0.158 e. The van der Waals surface area contributed by atoms with Crippen molar-refractivity contribution in [2.75, 3.05) is 0 Å². The van der Waals surface area contributed by atoms with Crippen LogP contribution in [-0.4, -0.2) is 14.5 Å². The Kier molecular flexibility index (Phi) is 1.63. The van der Waals surface area contributed by atoms with E-state index >= 15 is 0 Å². The lowest BCUT2D eigenvalue weighted by atomic mass is 10.3. The molecular weight excluding hydrogens is 150 g/mol. The topological polar surface area (TPSA) is 30.7 Å². The Morgan fingerprint density at radius 3 is 2.67 bits per heavy atom. The molecule has 3 nitrogen and oxygen atoms in total. The summed E-state index contributed by atoms with van der Waals surface area (Å²) in [5.41, 5.74) is 0.907. The van der Waals surface area contributed by atoms with Crippen LogP contribution < -0.4 is 0 Å². The van der Waals surface area contributed by atoms with Gasteiger partial charge < -0.3 is 4.57 Å². The van der Waals surface area contributed by atoms with E-state index in [1.165, 1.54) is 0 Å². The maximum atomic E-state index is 4.20. The Labute approximate surface area is 70.7 Å². The molecule has 0 radical (unpaired) electrons. The van der Waals surface area contributed by atoms with Gasteiger partial charge in [-0.3, -0.25) is 4.98 Å². The minimum Gasteiger partial charge on any atom is -0.333 e. The lowest BCUT2D eigenvalue weighted by Crippen LogP contribution is -1.92. The minimum atomic E-state index is 0.899. The number of hydrogen-bond donors (Lipinski definition) is 0. The van der Waals surface area contributed by atoms with Gasteiger partial charge in [-0.15, -0.1) is 0 Å². The molecular formula is C9H9N3. The molecule has 2 heterocycles. The zero-order chi connectivity index (χ0) is 8.39. The van der Waals surface area contributed by atoms with E-state index in [2.05, 4.69) is 9.97 Å². The van der Waals surface area contributed by atoms with Crippen LogP contribution in [0.1, 0.15) is 0 Å². The van der Waals surface area contributed by atoms with Crippen LogP contribution in [0.2, 0.25) is 0 Å². The average Bonchev–Trinajstić information content (AvgIpc) is 2.53. The van der Waals surface area contributed by atoms with Gasteiger partial charge >= 0.3 is 0 Å². The van der Waals surface area contributed by atoms with E-state index in [4.69, 9.17) is 0 Å². The molecule has 0 bridgehead atoms. The molecule has 0 saturated heterocycles. The third kappa shape index (κ3) is 1.09. The maximum Gasteiger partial charge on any atom is 0.158 e. The van der Waals surface area contributed by atoms with Crippen molar-refractivity contribution in [2.45, 2.75) is 0 Å². The van der Waals surface area contributed by atoms with E-state index in [1.807, 2.05) is 36.0 Å².